The van der Waals surface area contributed by atoms with Crippen molar-refractivity contribution in [2.75, 3.05) is 7.11 Å². The number of hydrogen-bond donors (Lipinski definition) is 0. The van der Waals surface area contributed by atoms with E-state index < -0.39 is 0 Å². The van der Waals surface area contributed by atoms with E-state index in [1.54, 1.807) is 30.5 Å². The van der Waals surface area contributed by atoms with Gasteiger partial charge in [-0.05, 0) is 12.1 Å². The smallest absolute Gasteiger partial charge is 0.338 e. The molecule has 0 aliphatic rings. The highest BCUT2D eigenvalue weighted by atomic mass is 35.5. The highest BCUT2D eigenvalue weighted by Crippen LogP contribution is 2.23. The number of carbonyl (C=O) groups is 1. The van der Waals surface area contributed by atoms with Gasteiger partial charge in [0, 0.05) is 11.6 Å². The molecule has 0 radical (unpaired) electrons. The number of carbonyl (C=O) groups excluding carboxylic acids is 1. The van der Waals surface area contributed by atoms with Gasteiger partial charge in [0.2, 0.25) is 0 Å². The van der Waals surface area contributed by atoms with Crippen LogP contribution in [-0.2, 0) is 4.74 Å². The van der Waals surface area contributed by atoms with Crippen LogP contribution in [0.15, 0.2) is 30.5 Å². The zero-order valence-corrected chi connectivity index (χ0v) is 8.78. The van der Waals surface area contributed by atoms with Gasteiger partial charge >= 0.3 is 5.97 Å². The second kappa shape index (κ2) is 3.87. The molecule has 0 spiro atoms. The highest BCUT2D eigenvalue weighted by Gasteiger charge is 2.11. The molecule has 2 rings (SSSR count). The quantitative estimate of drug-likeness (QED) is 0.695. The third-order valence-corrected chi connectivity index (χ3v) is 2.43. The van der Waals surface area contributed by atoms with E-state index in [0.717, 1.165) is 0 Å². The molecular formula is C11H8ClNO2. The summed E-state index contributed by atoms with van der Waals surface area (Å²) in [5, 5.41) is 1.23. The first-order valence-electron chi connectivity index (χ1n) is 4.35. The van der Waals surface area contributed by atoms with Crippen molar-refractivity contribution in [1.82, 2.24) is 4.98 Å². The summed E-state index contributed by atoms with van der Waals surface area (Å²) in [6.45, 7) is 0. The molecule has 1 heterocycles. The van der Waals surface area contributed by atoms with Gasteiger partial charge in [-0.3, -0.25) is 4.98 Å². The minimum Gasteiger partial charge on any atom is -0.465 e. The van der Waals surface area contributed by atoms with Gasteiger partial charge in [0.05, 0.1) is 23.2 Å². The van der Waals surface area contributed by atoms with Gasteiger partial charge in [-0.15, -0.1) is 0 Å². The van der Waals surface area contributed by atoms with E-state index in [9.17, 15) is 4.79 Å². The Bertz CT molecular complexity index is 525. The van der Waals surface area contributed by atoms with Crippen LogP contribution in [0.4, 0.5) is 0 Å². The van der Waals surface area contributed by atoms with Gasteiger partial charge in [0.15, 0.2) is 0 Å². The Morgan fingerprint density at radius 3 is 2.93 bits per heavy atom. The molecule has 0 saturated heterocycles. The molecule has 0 atom stereocenters. The van der Waals surface area contributed by atoms with Crippen molar-refractivity contribution in [3.05, 3.63) is 41.0 Å². The average Bonchev–Trinajstić information content (AvgIpc) is 2.28. The number of rotatable bonds is 1. The Labute approximate surface area is 91.6 Å². The molecule has 0 saturated carbocycles. The van der Waals surface area contributed by atoms with E-state index >= 15 is 0 Å². The monoisotopic (exact) mass is 221 g/mol. The van der Waals surface area contributed by atoms with Crippen molar-refractivity contribution < 1.29 is 9.53 Å². The Kier molecular flexibility index (Phi) is 2.56. The number of esters is 1. The van der Waals surface area contributed by atoms with E-state index in [1.165, 1.54) is 7.11 Å². The lowest BCUT2D eigenvalue weighted by atomic mass is 10.1. The summed E-state index contributed by atoms with van der Waals surface area (Å²) in [6.07, 6.45) is 1.54. The van der Waals surface area contributed by atoms with Gasteiger partial charge in [-0.1, -0.05) is 23.7 Å². The molecule has 3 nitrogen and oxygen atoms in total. The SMILES string of the molecule is COC(=O)c1ccnc2c(Cl)cccc12. The van der Waals surface area contributed by atoms with E-state index in [1.807, 2.05) is 0 Å². The first-order valence-corrected chi connectivity index (χ1v) is 4.73. The molecule has 0 N–H and O–H groups in total. The summed E-state index contributed by atoms with van der Waals surface area (Å²) in [7, 11) is 1.35. The first-order chi connectivity index (χ1) is 7.24. The Morgan fingerprint density at radius 2 is 2.20 bits per heavy atom. The van der Waals surface area contributed by atoms with Crippen LogP contribution in [0, 0.1) is 0 Å². The number of hydrogen-bond acceptors (Lipinski definition) is 3. The van der Waals surface area contributed by atoms with E-state index in [-0.39, 0.29) is 5.97 Å². The number of benzene rings is 1. The van der Waals surface area contributed by atoms with Crippen LogP contribution in [0.1, 0.15) is 10.4 Å². The van der Waals surface area contributed by atoms with Gasteiger partial charge < -0.3 is 4.74 Å². The fourth-order valence-electron chi connectivity index (χ4n) is 1.43. The highest BCUT2D eigenvalue weighted by molar-refractivity contribution is 6.35. The minimum absolute atomic E-state index is 0.385. The van der Waals surface area contributed by atoms with Crippen LogP contribution < -0.4 is 0 Å². The lowest BCUT2D eigenvalue weighted by Gasteiger charge is -2.04. The average molecular weight is 222 g/mol. The van der Waals surface area contributed by atoms with Gasteiger partial charge in [-0.25, -0.2) is 4.79 Å². The van der Waals surface area contributed by atoms with Crippen LogP contribution >= 0.6 is 11.6 Å². The number of nitrogens with zero attached hydrogens (tertiary/aromatic N) is 1. The summed E-state index contributed by atoms with van der Waals surface area (Å²) in [5.74, 6) is -0.385. The standard InChI is InChI=1S/C11H8ClNO2/c1-15-11(14)8-5-6-13-10-7(8)3-2-4-9(10)12/h2-6H,1H3. The molecule has 0 fully saturated rings. The second-order valence-corrected chi connectivity index (χ2v) is 3.39. The molecule has 2 aromatic rings. The molecule has 0 aliphatic heterocycles. The Morgan fingerprint density at radius 1 is 1.40 bits per heavy atom. The van der Waals surface area contributed by atoms with E-state index in [0.29, 0.717) is 21.5 Å². The van der Waals surface area contributed by atoms with Crippen molar-refractivity contribution in [1.29, 1.82) is 0 Å². The number of halogens is 1. The molecule has 1 aromatic heterocycles. The van der Waals surface area contributed by atoms with E-state index in [4.69, 9.17) is 11.6 Å². The molecule has 15 heavy (non-hydrogen) atoms. The molecule has 4 heteroatoms. The predicted octanol–water partition coefficient (Wildman–Crippen LogP) is 2.67. The zero-order valence-electron chi connectivity index (χ0n) is 8.03. The first kappa shape index (κ1) is 9.93. The largest absolute Gasteiger partial charge is 0.465 e. The molecule has 0 amide bonds. The van der Waals surface area contributed by atoms with E-state index in [2.05, 4.69) is 9.72 Å². The minimum atomic E-state index is -0.385. The molecule has 0 aliphatic carbocycles. The lowest BCUT2D eigenvalue weighted by Crippen LogP contribution is -2.02. The van der Waals surface area contributed by atoms with Crippen LogP contribution in [0.25, 0.3) is 10.9 Å². The number of pyridine rings is 1. The fraction of sp³-hybridized carbons (Fsp3) is 0.0909. The summed E-state index contributed by atoms with van der Waals surface area (Å²) < 4.78 is 4.67. The zero-order chi connectivity index (χ0) is 10.8. The van der Waals surface area contributed by atoms with Gasteiger partial charge in [-0.2, -0.15) is 0 Å². The van der Waals surface area contributed by atoms with Crippen LogP contribution in [-0.4, -0.2) is 18.1 Å². The Balaban J connectivity index is 2.77. The number of para-hydroxylation sites is 1. The number of fused-ring (bicyclic) bond motifs is 1. The maximum absolute atomic E-state index is 11.4. The summed E-state index contributed by atoms with van der Waals surface area (Å²) in [4.78, 5) is 15.6. The van der Waals surface area contributed by atoms with Crippen LogP contribution in [0.5, 0.6) is 0 Å². The molecular weight excluding hydrogens is 214 g/mol. The van der Waals surface area contributed by atoms with Gasteiger partial charge in [0.1, 0.15) is 0 Å². The van der Waals surface area contributed by atoms with Crippen molar-refractivity contribution in [3.63, 3.8) is 0 Å². The van der Waals surface area contributed by atoms with Crippen molar-refractivity contribution in [2.45, 2.75) is 0 Å². The summed E-state index contributed by atoms with van der Waals surface area (Å²) >= 11 is 5.96. The normalized spacial score (nSPS) is 10.3. The number of aromatic nitrogens is 1. The van der Waals surface area contributed by atoms with Crippen molar-refractivity contribution in [3.8, 4) is 0 Å². The van der Waals surface area contributed by atoms with Crippen LogP contribution in [0.2, 0.25) is 5.02 Å². The van der Waals surface area contributed by atoms with Crippen molar-refractivity contribution >= 4 is 28.5 Å². The second-order valence-electron chi connectivity index (χ2n) is 2.99. The predicted molar refractivity (Wildman–Crippen MR) is 58.1 cm³/mol. The number of ether oxygens (including phenoxy) is 1. The summed E-state index contributed by atoms with van der Waals surface area (Å²) in [5.41, 5.74) is 1.09. The maximum Gasteiger partial charge on any atom is 0.338 e. The van der Waals surface area contributed by atoms with Crippen LogP contribution in [0.3, 0.4) is 0 Å². The molecule has 76 valence electrons. The maximum atomic E-state index is 11.4. The molecule has 1 aromatic carbocycles. The molecule has 0 unspecified atom stereocenters. The number of methoxy groups -OCH3 is 1. The van der Waals surface area contributed by atoms with Gasteiger partial charge in [0.25, 0.3) is 0 Å². The third kappa shape index (κ3) is 1.66. The van der Waals surface area contributed by atoms with Crippen molar-refractivity contribution in [2.24, 2.45) is 0 Å². The topological polar surface area (TPSA) is 39.2 Å². The lowest BCUT2D eigenvalue weighted by molar-refractivity contribution is 0.0603. The third-order valence-electron chi connectivity index (χ3n) is 2.13. The summed E-state index contributed by atoms with van der Waals surface area (Å²) in [6, 6.07) is 6.92. The fourth-order valence-corrected chi connectivity index (χ4v) is 1.65. The Hall–Kier alpha value is -1.61. The molecule has 0 bridgehead atoms.